The molecule has 1 aromatic heterocycles. The van der Waals surface area contributed by atoms with Crippen LogP contribution in [0.15, 0.2) is 48.1 Å². The van der Waals surface area contributed by atoms with E-state index in [9.17, 15) is 18.4 Å². The fourth-order valence-corrected chi connectivity index (χ4v) is 3.76. The molecule has 3 aromatic rings. The largest absolute Gasteiger partial charge is 0.435 e. The maximum absolute atomic E-state index is 14.2. The number of halogens is 5. The first-order valence-electron chi connectivity index (χ1n) is 8.84. The third-order valence-corrected chi connectivity index (χ3v) is 5.83. The minimum atomic E-state index is -4.81. The summed E-state index contributed by atoms with van der Waals surface area (Å²) in [6, 6.07) is 8.91. The molecule has 11 heteroatoms. The van der Waals surface area contributed by atoms with Crippen LogP contribution in [-0.2, 0) is 10.4 Å². The molecule has 0 fully saturated rings. The van der Waals surface area contributed by atoms with Crippen molar-refractivity contribution in [3.63, 3.8) is 0 Å². The molecule has 0 amide bonds. The summed E-state index contributed by atoms with van der Waals surface area (Å²) in [5.74, 6) is 0. The summed E-state index contributed by atoms with van der Waals surface area (Å²) in [4.78, 5) is 8.85. The van der Waals surface area contributed by atoms with Crippen LogP contribution in [0.4, 0.5) is 13.2 Å². The highest BCUT2D eigenvalue weighted by molar-refractivity contribution is 6.36. The molecule has 1 aliphatic heterocycles. The summed E-state index contributed by atoms with van der Waals surface area (Å²) in [5, 5.41) is 17.4. The van der Waals surface area contributed by atoms with Crippen molar-refractivity contribution in [1.29, 1.82) is 5.26 Å². The molecule has 1 unspecified atom stereocenters. The van der Waals surface area contributed by atoms with Gasteiger partial charge < -0.3 is 4.84 Å². The van der Waals surface area contributed by atoms with Gasteiger partial charge in [0.1, 0.15) is 18.7 Å². The molecule has 0 bridgehead atoms. The molecule has 0 N–H and O–H groups in total. The van der Waals surface area contributed by atoms with Crippen LogP contribution in [0.2, 0.25) is 10.0 Å². The topological polar surface area (TPSA) is 76.1 Å². The van der Waals surface area contributed by atoms with Crippen LogP contribution in [0.3, 0.4) is 0 Å². The molecule has 0 saturated heterocycles. The van der Waals surface area contributed by atoms with E-state index >= 15 is 0 Å². The van der Waals surface area contributed by atoms with Crippen LogP contribution < -0.4 is 0 Å². The number of hydrogen-bond donors (Lipinski definition) is 0. The van der Waals surface area contributed by atoms with Gasteiger partial charge in [0.05, 0.1) is 17.0 Å². The lowest BCUT2D eigenvalue weighted by Gasteiger charge is -2.30. The van der Waals surface area contributed by atoms with E-state index in [1.54, 1.807) is 19.1 Å². The Balaban J connectivity index is 1.75. The number of hydrogen-bond acceptors (Lipinski definition) is 5. The molecule has 0 spiro atoms. The second-order valence-electron chi connectivity index (χ2n) is 6.88. The van der Waals surface area contributed by atoms with Crippen molar-refractivity contribution >= 4 is 28.9 Å². The lowest BCUT2D eigenvalue weighted by molar-refractivity contribution is -0.275. The third-order valence-electron chi connectivity index (χ3n) is 5.05. The molecule has 0 saturated carbocycles. The lowest BCUT2D eigenvalue weighted by Crippen LogP contribution is -2.42. The highest BCUT2D eigenvalue weighted by Gasteiger charge is 2.62. The minimum Gasteiger partial charge on any atom is -0.374 e. The molecular weight excluding hydrogens is 454 g/mol. The number of nitrogens with zero attached hydrogens (tertiary/aromatic N) is 5. The van der Waals surface area contributed by atoms with Crippen LogP contribution in [0.1, 0.15) is 28.7 Å². The van der Waals surface area contributed by atoms with E-state index in [0.29, 0.717) is 16.8 Å². The van der Waals surface area contributed by atoms with Crippen molar-refractivity contribution < 1.29 is 18.0 Å². The van der Waals surface area contributed by atoms with Gasteiger partial charge in [0.25, 0.3) is 5.60 Å². The van der Waals surface area contributed by atoms with E-state index in [-0.39, 0.29) is 26.9 Å². The van der Waals surface area contributed by atoms with Crippen molar-refractivity contribution in [3.05, 3.63) is 75.3 Å². The Kier molecular flexibility index (Phi) is 5.15. The molecular formula is C20H12Cl2F3N5O. The molecule has 1 atom stereocenters. The number of aromatic nitrogens is 3. The fraction of sp³-hybridized carbons (Fsp3) is 0.200. The van der Waals surface area contributed by atoms with Crippen molar-refractivity contribution in [2.45, 2.75) is 25.1 Å². The maximum Gasteiger partial charge on any atom is 0.435 e. The first-order chi connectivity index (χ1) is 14.7. The van der Waals surface area contributed by atoms with Crippen LogP contribution in [0.5, 0.6) is 0 Å². The molecule has 2 heterocycles. The van der Waals surface area contributed by atoms with Crippen molar-refractivity contribution in [2.75, 3.05) is 0 Å². The summed E-state index contributed by atoms with van der Waals surface area (Å²) >= 11 is 12.1. The van der Waals surface area contributed by atoms with E-state index < -0.39 is 18.2 Å². The average molecular weight is 466 g/mol. The smallest absolute Gasteiger partial charge is 0.374 e. The zero-order valence-electron chi connectivity index (χ0n) is 15.8. The second kappa shape index (κ2) is 7.55. The van der Waals surface area contributed by atoms with Crippen LogP contribution in [0.25, 0.3) is 5.69 Å². The molecule has 158 valence electrons. The number of oxime groups is 1. The average Bonchev–Trinajstić information content (AvgIpc) is 3.41. The van der Waals surface area contributed by atoms with E-state index in [2.05, 4.69) is 15.2 Å². The standard InChI is InChI=1S/C20H12Cl2F3N5O/c1-11-15(21)5-14(6-16(11)22)19(20(23,24)25)7-17(29-31-19)12-2-3-18(13(4-12)8-26)30-10-27-9-28-30/h2-6,9-10H,7H2,1H3. The summed E-state index contributed by atoms with van der Waals surface area (Å²) in [6.45, 7) is 1.60. The number of rotatable bonds is 3. The van der Waals surface area contributed by atoms with Gasteiger partial charge in [-0.25, -0.2) is 9.67 Å². The Hall–Kier alpha value is -3.09. The van der Waals surface area contributed by atoms with Gasteiger partial charge in [-0.05, 0) is 36.8 Å². The highest BCUT2D eigenvalue weighted by Crippen LogP contribution is 2.50. The Morgan fingerprint density at radius 1 is 1.19 bits per heavy atom. The number of benzene rings is 2. The molecule has 0 aliphatic carbocycles. The van der Waals surface area contributed by atoms with Crippen LogP contribution in [0, 0.1) is 18.3 Å². The third kappa shape index (κ3) is 3.52. The molecule has 1 aliphatic rings. The Morgan fingerprint density at radius 2 is 1.90 bits per heavy atom. The van der Waals surface area contributed by atoms with Gasteiger partial charge in [-0.2, -0.15) is 23.5 Å². The van der Waals surface area contributed by atoms with Crippen LogP contribution >= 0.6 is 23.2 Å². The Bertz CT molecular complexity index is 1210. The number of alkyl halides is 3. The van der Waals surface area contributed by atoms with E-state index in [0.717, 1.165) is 0 Å². The molecule has 31 heavy (non-hydrogen) atoms. The Morgan fingerprint density at radius 3 is 2.48 bits per heavy atom. The lowest BCUT2D eigenvalue weighted by atomic mass is 9.86. The van der Waals surface area contributed by atoms with Gasteiger partial charge in [0, 0.05) is 27.6 Å². The first kappa shape index (κ1) is 21.2. The zero-order valence-corrected chi connectivity index (χ0v) is 17.3. The van der Waals surface area contributed by atoms with E-state index in [4.69, 9.17) is 28.0 Å². The quantitative estimate of drug-likeness (QED) is 0.523. The van der Waals surface area contributed by atoms with Gasteiger partial charge in [0.2, 0.25) is 0 Å². The van der Waals surface area contributed by atoms with Crippen molar-refractivity contribution in [2.24, 2.45) is 5.16 Å². The van der Waals surface area contributed by atoms with E-state index in [1.165, 1.54) is 35.5 Å². The molecule has 0 radical (unpaired) electrons. The second-order valence-corrected chi connectivity index (χ2v) is 7.69. The van der Waals surface area contributed by atoms with Crippen molar-refractivity contribution in [3.8, 4) is 11.8 Å². The maximum atomic E-state index is 14.2. The summed E-state index contributed by atoms with van der Waals surface area (Å²) in [5.41, 5.74) is -1.56. The molecule has 6 nitrogen and oxygen atoms in total. The van der Waals surface area contributed by atoms with E-state index in [1.807, 2.05) is 6.07 Å². The monoisotopic (exact) mass is 465 g/mol. The highest BCUT2D eigenvalue weighted by atomic mass is 35.5. The SMILES string of the molecule is Cc1c(Cl)cc(C2(C(F)(F)F)CC(c3ccc(-n4cncn4)c(C#N)c3)=NO2)cc1Cl. The normalized spacial score (nSPS) is 18.4. The summed E-state index contributed by atoms with van der Waals surface area (Å²) in [6.07, 6.45) is -2.70. The summed E-state index contributed by atoms with van der Waals surface area (Å²) < 4.78 is 44.0. The first-order valence-corrected chi connectivity index (χ1v) is 9.59. The zero-order chi connectivity index (χ0) is 22.4. The molecule has 2 aromatic carbocycles. The minimum absolute atomic E-state index is 0.0341. The predicted octanol–water partition coefficient (Wildman–Crippen LogP) is 5.34. The van der Waals surface area contributed by atoms with Gasteiger partial charge >= 0.3 is 6.18 Å². The predicted molar refractivity (Wildman–Crippen MR) is 107 cm³/mol. The van der Waals surface area contributed by atoms with Gasteiger partial charge in [0.15, 0.2) is 0 Å². The van der Waals surface area contributed by atoms with Gasteiger partial charge in [-0.1, -0.05) is 34.4 Å². The van der Waals surface area contributed by atoms with Gasteiger partial charge in [-0.3, -0.25) is 0 Å². The van der Waals surface area contributed by atoms with Crippen molar-refractivity contribution in [1.82, 2.24) is 14.8 Å². The molecule has 4 rings (SSSR count). The van der Waals surface area contributed by atoms with Gasteiger partial charge in [-0.15, -0.1) is 0 Å². The fourth-order valence-electron chi connectivity index (χ4n) is 3.27. The summed E-state index contributed by atoms with van der Waals surface area (Å²) in [7, 11) is 0. The Labute approximate surface area is 184 Å². The number of nitriles is 1. The van der Waals surface area contributed by atoms with Crippen LogP contribution in [-0.4, -0.2) is 26.7 Å².